The van der Waals surface area contributed by atoms with Gasteiger partial charge in [-0.3, -0.25) is 4.90 Å². The highest BCUT2D eigenvalue weighted by Crippen LogP contribution is 2.42. The van der Waals surface area contributed by atoms with Crippen molar-refractivity contribution in [1.82, 2.24) is 4.90 Å². The molecule has 2 aliphatic rings. The van der Waals surface area contributed by atoms with E-state index in [0.717, 1.165) is 31.5 Å². The van der Waals surface area contributed by atoms with Crippen LogP contribution in [0.1, 0.15) is 24.4 Å². The smallest absolute Gasteiger partial charge is 0.231 e. The van der Waals surface area contributed by atoms with Crippen LogP contribution in [0.15, 0.2) is 12.1 Å². The molecule has 6 heteroatoms. The fraction of sp³-hybridized carbons (Fsp3) is 0.600. The Hall–Kier alpha value is -1.01. The van der Waals surface area contributed by atoms with Gasteiger partial charge in [0, 0.05) is 26.2 Å². The number of nitrogens with two attached hydrogens (primary N) is 1. The van der Waals surface area contributed by atoms with E-state index in [2.05, 4.69) is 4.90 Å². The third-order valence-electron chi connectivity index (χ3n) is 4.24. The summed E-state index contributed by atoms with van der Waals surface area (Å²) in [6, 6.07) is 4.04. The minimum absolute atomic E-state index is 0.120. The van der Waals surface area contributed by atoms with E-state index in [1.807, 2.05) is 12.1 Å². The average Bonchev–Trinajstić information content (AvgIpc) is 2.97. The molecule has 2 atom stereocenters. The number of methoxy groups -OCH3 is 1. The third-order valence-corrected chi connectivity index (χ3v) is 4.52. The quantitative estimate of drug-likeness (QED) is 0.923. The van der Waals surface area contributed by atoms with Crippen LogP contribution in [0.2, 0.25) is 5.02 Å². The number of rotatable bonds is 4. The molecule has 0 aromatic heterocycles. The molecule has 0 amide bonds. The molecule has 1 aromatic carbocycles. The van der Waals surface area contributed by atoms with Crippen LogP contribution < -0.4 is 15.2 Å². The summed E-state index contributed by atoms with van der Waals surface area (Å²) in [5.41, 5.74) is 7.09. The molecule has 2 aliphatic heterocycles. The number of piperidine rings is 1. The summed E-state index contributed by atoms with van der Waals surface area (Å²) in [6.45, 7) is 2.67. The van der Waals surface area contributed by atoms with Crippen molar-refractivity contribution in [1.29, 1.82) is 0 Å². The summed E-state index contributed by atoms with van der Waals surface area (Å²) in [5.74, 6) is 1.33. The van der Waals surface area contributed by atoms with Crippen LogP contribution in [0.3, 0.4) is 0 Å². The Balaban J connectivity index is 1.84. The fourth-order valence-electron chi connectivity index (χ4n) is 3.12. The molecule has 2 N–H and O–H groups in total. The van der Waals surface area contributed by atoms with Gasteiger partial charge in [0.15, 0.2) is 11.5 Å². The lowest BCUT2D eigenvalue weighted by Gasteiger charge is -2.37. The lowest BCUT2D eigenvalue weighted by molar-refractivity contribution is 0.0155. The van der Waals surface area contributed by atoms with Gasteiger partial charge in [0.05, 0.1) is 11.1 Å². The highest BCUT2D eigenvalue weighted by atomic mass is 35.5. The normalized spacial score (nSPS) is 23.3. The van der Waals surface area contributed by atoms with E-state index in [9.17, 15) is 0 Å². The molecule has 1 fully saturated rings. The largest absolute Gasteiger partial charge is 0.454 e. The molecule has 21 heavy (non-hydrogen) atoms. The molecule has 3 rings (SSSR count). The SMILES string of the molecule is COC1CCCN(C(CN)c2cc(Cl)c3c(c2)OCO3)C1. The zero-order valence-electron chi connectivity index (χ0n) is 12.2. The third kappa shape index (κ3) is 2.97. The molecule has 0 aliphatic carbocycles. The number of nitrogens with zero attached hydrogens (tertiary/aromatic N) is 1. The summed E-state index contributed by atoms with van der Waals surface area (Å²) >= 11 is 6.28. The Labute approximate surface area is 129 Å². The Morgan fingerprint density at radius 2 is 2.33 bits per heavy atom. The molecule has 1 aromatic rings. The van der Waals surface area contributed by atoms with Crippen molar-refractivity contribution in [2.24, 2.45) is 5.73 Å². The van der Waals surface area contributed by atoms with Crippen molar-refractivity contribution in [3.8, 4) is 11.5 Å². The standard InChI is InChI=1S/C15H21ClN2O3/c1-19-11-3-2-4-18(8-11)13(7-17)10-5-12(16)15-14(6-10)20-9-21-15/h5-6,11,13H,2-4,7-9,17H2,1H3. The van der Waals surface area contributed by atoms with Gasteiger partial charge in [-0.2, -0.15) is 0 Å². The van der Waals surface area contributed by atoms with Crippen LogP contribution >= 0.6 is 11.6 Å². The number of ether oxygens (including phenoxy) is 3. The van der Waals surface area contributed by atoms with Crippen LogP contribution in [0, 0.1) is 0 Å². The zero-order chi connectivity index (χ0) is 14.8. The van der Waals surface area contributed by atoms with Gasteiger partial charge >= 0.3 is 0 Å². The molecule has 0 saturated carbocycles. The van der Waals surface area contributed by atoms with Crippen molar-refractivity contribution in [3.05, 3.63) is 22.7 Å². The first kappa shape index (κ1) is 14.9. The second kappa shape index (κ2) is 6.40. The maximum absolute atomic E-state index is 6.28. The second-order valence-electron chi connectivity index (χ2n) is 5.48. The molecule has 0 spiro atoms. The van der Waals surface area contributed by atoms with E-state index in [-0.39, 0.29) is 18.9 Å². The second-order valence-corrected chi connectivity index (χ2v) is 5.89. The first-order chi connectivity index (χ1) is 10.2. The van der Waals surface area contributed by atoms with Gasteiger partial charge in [0.1, 0.15) is 0 Å². The molecular formula is C15H21ClN2O3. The number of likely N-dealkylation sites (tertiary alicyclic amines) is 1. The van der Waals surface area contributed by atoms with Gasteiger partial charge in [-0.1, -0.05) is 11.6 Å². The molecule has 116 valence electrons. The predicted octanol–water partition coefficient (Wildman–Crippen LogP) is 2.18. The van der Waals surface area contributed by atoms with Gasteiger partial charge in [-0.15, -0.1) is 0 Å². The van der Waals surface area contributed by atoms with E-state index < -0.39 is 0 Å². The molecule has 0 bridgehead atoms. The minimum atomic E-state index is 0.120. The molecule has 0 radical (unpaired) electrons. The maximum Gasteiger partial charge on any atom is 0.231 e. The number of benzene rings is 1. The first-order valence-corrected chi connectivity index (χ1v) is 7.66. The summed E-state index contributed by atoms with van der Waals surface area (Å²) in [5, 5.41) is 0.582. The highest BCUT2D eigenvalue weighted by molar-refractivity contribution is 6.32. The van der Waals surface area contributed by atoms with Gasteiger partial charge in [0.25, 0.3) is 0 Å². The Bertz CT molecular complexity index is 512. The fourth-order valence-corrected chi connectivity index (χ4v) is 3.39. The highest BCUT2D eigenvalue weighted by Gasteiger charge is 2.28. The molecule has 1 saturated heterocycles. The van der Waals surface area contributed by atoms with E-state index in [1.165, 1.54) is 0 Å². The zero-order valence-corrected chi connectivity index (χ0v) is 12.9. The van der Waals surface area contributed by atoms with Crippen molar-refractivity contribution in [2.75, 3.05) is 33.5 Å². The number of fused-ring (bicyclic) bond motifs is 1. The van der Waals surface area contributed by atoms with E-state index in [0.29, 0.717) is 23.1 Å². The summed E-state index contributed by atoms with van der Waals surface area (Å²) in [4.78, 5) is 2.37. The monoisotopic (exact) mass is 312 g/mol. The van der Waals surface area contributed by atoms with Crippen molar-refractivity contribution >= 4 is 11.6 Å². The van der Waals surface area contributed by atoms with Crippen LogP contribution in [0.5, 0.6) is 11.5 Å². The first-order valence-electron chi connectivity index (χ1n) is 7.29. The average molecular weight is 313 g/mol. The van der Waals surface area contributed by atoms with Crippen molar-refractivity contribution in [3.63, 3.8) is 0 Å². The summed E-state index contributed by atoms with van der Waals surface area (Å²) < 4.78 is 16.3. The predicted molar refractivity (Wildman–Crippen MR) is 81.0 cm³/mol. The van der Waals surface area contributed by atoms with Crippen molar-refractivity contribution in [2.45, 2.75) is 25.0 Å². The van der Waals surface area contributed by atoms with Crippen LogP contribution in [-0.4, -0.2) is 44.5 Å². The van der Waals surface area contributed by atoms with E-state index >= 15 is 0 Å². The lowest BCUT2D eigenvalue weighted by Crippen LogP contribution is -2.43. The Morgan fingerprint density at radius 3 is 3.10 bits per heavy atom. The summed E-state index contributed by atoms with van der Waals surface area (Å²) in [6.07, 6.45) is 2.50. The van der Waals surface area contributed by atoms with Crippen LogP contribution in [0.25, 0.3) is 0 Å². The van der Waals surface area contributed by atoms with Gasteiger partial charge in [-0.25, -0.2) is 0 Å². The van der Waals surface area contributed by atoms with Crippen molar-refractivity contribution < 1.29 is 14.2 Å². The van der Waals surface area contributed by atoms with Crippen LogP contribution in [-0.2, 0) is 4.74 Å². The van der Waals surface area contributed by atoms with Crippen LogP contribution in [0.4, 0.5) is 0 Å². The maximum atomic E-state index is 6.28. The van der Waals surface area contributed by atoms with E-state index in [4.69, 9.17) is 31.5 Å². The van der Waals surface area contributed by atoms with Gasteiger partial charge < -0.3 is 19.9 Å². The minimum Gasteiger partial charge on any atom is -0.454 e. The molecule has 5 nitrogen and oxygen atoms in total. The molecule has 2 heterocycles. The number of hydrogen-bond donors (Lipinski definition) is 1. The Kier molecular flexibility index (Phi) is 4.54. The molecule has 2 unspecified atom stereocenters. The number of halogens is 1. The topological polar surface area (TPSA) is 57.0 Å². The summed E-state index contributed by atoms with van der Waals surface area (Å²) in [7, 11) is 1.77. The lowest BCUT2D eigenvalue weighted by atomic mass is 10.00. The number of hydrogen-bond acceptors (Lipinski definition) is 5. The van der Waals surface area contributed by atoms with Gasteiger partial charge in [0.2, 0.25) is 6.79 Å². The Morgan fingerprint density at radius 1 is 1.48 bits per heavy atom. The van der Waals surface area contributed by atoms with Gasteiger partial charge in [-0.05, 0) is 37.1 Å². The molecular weight excluding hydrogens is 292 g/mol. The van der Waals surface area contributed by atoms with E-state index in [1.54, 1.807) is 7.11 Å².